The molecule has 2 N–H and O–H groups in total. The summed E-state index contributed by atoms with van der Waals surface area (Å²) in [5.74, 6) is -0.769. The molecule has 0 saturated heterocycles. The van der Waals surface area contributed by atoms with Crippen molar-refractivity contribution in [2.24, 2.45) is 0 Å². The molecule has 7 nitrogen and oxygen atoms in total. The summed E-state index contributed by atoms with van der Waals surface area (Å²) in [6, 6.07) is 8.52. The summed E-state index contributed by atoms with van der Waals surface area (Å²) >= 11 is 0. The van der Waals surface area contributed by atoms with E-state index in [9.17, 15) is 13.2 Å². The van der Waals surface area contributed by atoms with E-state index in [2.05, 4.69) is 9.71 Å². The number of carbonyl (C=O) groups is 1. The fourth-order valence-electron chi connectivity index (χ4n) is 1.56. The Kier molecular flexibility index (Phi) is 4.08. The number of anilines is 1. The van der Waals surface area contributed by atoms with Crippen molar-refractivity contribution in [1.29, 1.82) is 0 Å². The Morgan fingerprint density at radius 3 is 2.62 bits per heavy atom. The molecule has 0 aliphatic heterocycles. The SMILES string of the molecule is COc1cccc(S(=O)(=O)Nc2ccc(C(=O)O)nc2)c1. The number of benzene rings is 1. The van der Waals surface area contributed by atoms with E-state index < -0.39 is 16.0 Å². The number of nitrogens with zero attached hydrogens (tertiary/aromatic N) is 1. The summed E-state index contributed by atoms with van der Waals surface area (Å²) in [6.45, 7) is 0. The standard InChI is InChI=1S/C13H12N2O5S/c1-20-10-3-2-4-11(7-10)21(18,19)15-9-5-6-12(13(16)17)14-8-9/h2-8,15H,1H3,(H,16,17). The molecule has 1 aromatic heterocycles. The first-order valence-corrected chi connectivity index (χ1v) is 7.27. The summed E-state index contributed by atoms with van der Waals surface area (Å²) in [7, 11) is -2.36. The molecule has 0 unspecified atom stereocenters. The van der Waals surface area contributed by atoms with E-state index in [0.29, 0.717) is 5.75 Å². The predicted molar refractivity (Wildman–Crippen MR) is 75.0 cm³/mol. The van der Waals surface area contributed by atoms with Crippen molar-refractivity contribution in [3.05, 3.63) is 48.3 Å². The van der Waals surface area contributed by atoms with Crippen LogP contribution >= 0.6 is 0 Å². The number of carboxylic acid groups (broad SMARTS) is 1. The largest absolute Gasteiger partial charge is 0.497 e. The normalized spacial score (nSPS) is 10.9. The second-order valence-corrected chi connectivity index (χ2v) is 5.70. The maximum Gasteiger partial charge on any atom is 0.354 e. The van der Waals surface area contributed by atoms with Crippen LogP contribution in [0.15, 0.2) is 47.5 Å². The minimum atomic E-state index is -3.80. The van der Waals surface area contributed by atoms with Crippen LogP contribution in [0.5, 0.6) is 5.75 Å². The maximum absolute atomic E-state index is 12.2. The molecule has 21 heavy (non-hydrogen) atoms. The van der Waals surface area contributed by atoms with Gasteiger partial charge in [-0.15, -0.1) is 0 Å². The lowest BCUT2D eigenvalue weighted by atomic mass is 10.3. The van der Waals surface area contributed by atoms with Crippen LogP contribution in [-0.2, 0) is 10.0 Å². The summed E-state index contributed by atoms with van der Waals surface area (Å²) in [5.41, 5.74) is 0.00199. The first kappa shape index (κ1) is 14.8. The third kappa shape index (κ3) is 3.48. The summed E-state index contributed by atoms with van der Waals surface area (Å²) in [6.07, 6.45) is 1.14. The highest BCUT2D eigenvalue weighted by molar-refractivity contribution is 7.92. The van der Waals surface area contributed by atoms with E-state index in [1.807, 2.05) is 0 Å². The monoisotopic (exact) mass is 308 g/mol. The van der Waals surface area contributed by atoms with Gasteiger partial charge in [0.1, 0.15) is 11.4 Å². The number of sulfonamides is 1. The van der Waals surface area contributed by atoms with Crippen LogP contribution in [0.25, 0.3) is 0 Å². The molecule has 0 fully saturated rings. The molecule has 0 aliphatic rings. The van der Waals surface area contributed by atoms with Gasteiger partial charge in [0.05, 0.1) is 23.9 Å². The van der Waals surface area contributed by atoms with E-state index in [4.69, 9.17) is 9.84 Å². The molecule has 1 aromatic carbocycles. The van der Waals surface area contributed by atoms with E-state index >= 15 is 0 Å². The van der Waals surface area contributed by atoms with Gasteiger partial charge in [-0.05, 0) is 24.3 Å². The van der Waals surface area contributed by atoms with Gasteiger partial charge in [0.25, 0.3) is 10.0 Å². The van der Waals surface area contributed by atoms with E-state index in [0.717, 1.165) is 6.20 Å². The molecule has 0 aliphatic carbocycles. The molecule has 0 amide bonds. The average molecular weight is 308 g/mol. The molecule has 0 saturated carbocycles. The Hall–Kier alpha value is -2.61. The van der Waals surface area contributed by atoms with Gasteiger partial charge in [0.15, 0.2) is 0 Å². The number of pyridine rings is 1. The summed E-state index contributed by atoms with van der Waals surface area (Å²) in [5, 5.41) is 8.73. The zero-order valence-corrected chi connectivity index (χ0v) is 11.8. The molecule has 0 radical (unpaired) electrons. The Bertz CT molecular complexity index is 756. The van der Waals surface area contributed by atoms with Gasteiger partial charge in [0, 0.05) is 6.07 Å². The number of hydrogen-bond acceptors (Lipinski definition) is 5. The minimum absolute atomic E-state index is 0.0316. The van der Waals surface area contributed by atoms with Gasteiger partial charge in [0.2, 0.25) is 0 Å². The van der Waals surface area contributed by atoms with Crippen LogP contribution in [0.3, 0.4) is 0 Å². The molecule has 2 aromatic rings. The van der Waals surface area contributed by atoms with Gasteiger partial charge in [-0.2, -0.15) is 0 Å². The van der Waals surface area contributed by atoms with Crippen molar-refractivity contribution in [3.63, 3.8) is 0 Å². The Labute approximate surface area is 121 Å². The smallest absolute Gasteiger partial charge is 0.354 e. The number of methoxy groups -OCH3 is 1. The van der Waals surface area contributed by atoms with E-state index in [1.165, 1.54) is 31.4 Å². The molecule has 1 heterocycles. The Morgan fingerprint density at radius 2 is 2.05 bits per heavy atom. The lowest BCUT2D eigenvalue weighted by Crippen LogP contribution is -2.13. The molecule has 2 rings (SSSR count). The number of aromatic carboxylic acids is 1. The number of nitrogens with one attached hydrogen (secondary N) is 1. The fraction of sp³-hybridized carbons (Fsp3) is 0.0769. The topological polar surface area (TPSA) is 106 Å². The maximum atomic E-state index is 12.2. The zero-order valence-electron chi connectivity index (χ0n) is 11.0. The molecule has 8 heteroatoms. The van der Waals surface area contributed by atoms with Gasteiger partial charge in [-0.3, -0.25) is 4.72 Å². The third-order valence-electron chi connectivity index (χ3n) is 2.59. The molecule has 0 spiro atoms. The van der Waals surface area contributed by atoms with Crippen molar-refractivity contribution in [2.75, 3.05) is 11.8 Å². The highest BCUT2D eigenvalue weighted by Gasteiger charge is 2.15. The molecule has 0 atom stereocenters. The number of carboxylic acids is 1. The number of hydrogen-bond donors (Lipinski definition) is 2. The highest BCUT2D eigenvalue weighted by atomic mass is 32.2. The lowest BCUT2D eigenvalue weighted by Gasteiger charge is -2.09. The van der Waals surface area contributed by atoms with E-state index in [-0.39, 0.29) is 16.3 Å². The summed E-state index contributed by atoms with van der Waals surface area (Å²) in [4.78, 5) is 14.3. The minimum Gasteiger partial charge on any atom is -0.497 e. The number of aromatic nitrogens is 1. The second-order valence-electron chi connectivity index (χ2n) is 4.02. The van der Waals surface area contributed by atoms with Crippen molar-refractivity contribution < 1.29 is 23.1 Å². The highest BCUT2D eigenvalue weighted by Crippen LogP contribution is 2.20. The molecular weight excluding hydrogens is 296 g/mol. The van der Waals surface area contributed by atoms with Crippen LogP contribution in [0, 0.1) is 0 Å². The van der Waals surface area contributed by atoms with Crippen molar-refractivity contribution in [3.8, 4) is 5.75 Å². The fourth-order valence-corrected chi connectivity index (χ4v) is 2.64. The van der Waals surface area contributed by atoms with Gasteiger partial charge >= 0.3 is 5.97 Å². The van der Waals surface area contributed by atoms with Gasteiger partial charge in [-0.1, -0.05) is 6.07 Å². The first-order chi connectivity index (χ1) is 9.92. The third-order valence-corrected chi connectivity index (χ3v) is 3.97. The van der Waals surface area contributed by atoms with Gasteiger partial charge in [-0.25, -0.2) is 18.2 Å². The predicted octanol–water partition coefficient (Wildman–Crippen LogP) is 1.59. The van der Waals surface area contributed by atoms with Crippen LogP contribution < -0.4 is 9.46 Å². The first-order valence-electron chi connectivity index (χ1n) is 5.78. The quantitative estimate of drug-likeness (QED) is 0.869. The van der Waals surface area contributed by atoms with E-state index in [1.54, 1.807) is 12.1 Å². The van der Waals surface area contributed by atoms with Crippen molar-refractivity contribution in [2.45, 2.75) is 4.90 Å². The summed E-state index contributed by atoms with van der Waals surface area (Å²) < 4.78 is 31.6. The van der Waals surface area contributed by atoms with Crippen molar-refractivity contribution in [1.82, 2.24) is 4.98 Å². The molecule has 0 bridgehead atoms. The molecule has 110 valence electrons. The number of rotatable bonds is 5. The van der Waals surface area contributed by atoms with Crippen LogP contribution in [0.1, 0.15) is 10.5 Å². The Balaban J connectivity index is 2.26. The number of ether oxygens (including phenoxy) is 1. The average Bonchev–Trinajstić information content (AvgIpc) is 2.47. The second kappa shape index (κ2) is 5.80. The lowest BCUT2D eigenvalue weighted by molar-refractivity contribution is 0.0690. The van der Waals surface area contributed by atoms with Crippen LogP contribution in [-0.4, -0.2) is 31.6 Å². The van der Waals surface area contributed by atoms with Crippen molar-refractivity contribution >= 4 is 21.7 Å². The Morgan fingerprint density at radius 1 is 1.29 bits per heavy atom. The zero-order chi connectivity index (χ0) is 15.5. The van der Waals surface area contributed by atoms with Gasteiger partial charge < -0.3 is 9.84 Å². The van der Waals surface area contributed by atoms with Crippen LogP contribution in [0.4, 0.5) is 5.69 Å². The molecular formula is C13H12N2O5S. The van der Waals surface area contributed by atoms with Crippen LogP contribution in [0.2, 0.25) is 0 Å².